The molecule has 0 unspecified atom stereocenters. The monoisotopic (exact) mass is 1010 g/mol. The molecule has 0 aliphatic carbocycles. The number of nitrogens with one attached hydrogen (secondary N) is 2. The van der Waals surface area contributed by atoms with Gasteiger partial charge in [0.1, 0.15) is 13.2 Å². The number of allylic oxidation sites excluding steroid dienone is 2. The number of benzene rings is 4. The van der Waals surface area contributed by atoms with Crippen molar-refractivity contribution in [3.63, 3.8) is 0 Å². The number of nitrogens with two attached hydrogens (primary N) is 2. The second-order valence-electron chi connectivity index (χ2n) is 19.2. The highest BCUT2D eigenvalue weighted by molar-refractivity contribution is 6.02. The van der Waals surface area contributed by atoms with Crippen molar-refractivity contribution in [2.24, 2.45) is 0 Å². The Morgan fingerprint density at radius 2 is 1.28 bits per heavy atom. The van der Waals surface area contributed by atoms with E-state index in [2.05, 4.69) is 10.6 Å². The number of carboxylic acid groups (broad SMARTS) is 1. The minimum absolute atomic E-state index is 0.0246. The number of rotatable bonds is 25. The molecule has 12 nitrogen and oxygen atoms in total. The van der Waals surface area contributed by atoms with Crippen LogP contribution in [0.5, 0.6) is 0 Å². The molecule has 0 spiro atoms. The molecule has 1 aliphatic rings. The van der Waals surface area contributed by atoms with Crippen molar-refractivity contribution in [3.05, 3.63) is 142 Å². The van der Waals surface area contributed by atoms with E-state index in [-0.39, 0.29) is 41.4 Å². The predicted molar refractivity (Wildman–Crippen MR) is 269 cm³/mol. The van der Waals surface area contributed by atoms with E-state index in [1.54, 1.807) is 55.5 Å². The van der Waals surface area contributed by atoms with Crippen molar-refractivity contribution in [1.29, 1.82) is 0 Å². The van der Waals surface area contributed by atoms with Gasteiger partial charge < -0.3 is 41.3 Å². The van der Waals surface area contributed by atoms with Crippen LogP contribution in [-0.2, 0) is 26.7 Å². The second kappa shape index (κ2) is 25.2. The number of nitrogens with zero attached hydrogens (tertiary/aromatic N) is 3. The van der Waals surface area contributed by atoms with Gasteiger partial charge in [-0.05, 0) is 105 Å². The van der Waals surface area contributed by atoms with Crippen molar-refractivity contribution >= 4 is 40.7 Å². The molecule has 0 fully saturated rings. The highest BCUT2D eigenvalue weighted by Crippen LogP contribution is 2.41. The van der Waals surface area contributed by atoms with Crippen LogP contribution >= 0.6 is 0 Å². The summed E-state index contributed by atoms with van der Waals surface area (Å²) in [6, 6.07) is 20.4. The molecule has 7 N–H and O–H groups in total. The predicted octanol–water partition coefficient (Wildman–Crippen LogP) is 12.1. The number of esters is 1. The van der Waals surface area contributed by atoms with Crippen LogP contribution in [0.15, 0.2) is 120 Å². The molecule has 1 aliphatic heterocycles. The normalized spacial score (nSPS) is 15.4. The maximum atomic E-state index is 14.3. The van der Waals surface area contributed by atoms with Gasteiger partial charge in [-0.3, -0.25) is 4.90 Å². The minimum Gasteiger partial charge on any atom is -0.478 e. The van der Waals surface area contributed by atoms with Gasteiger partial charge in [-0.2, -0.15) is 26.3 Å². The van der Waals surface area contributed by atoms with Gasteiger partial charge in [0.25, 0.3) is 0 Å². The molecular weight excluding hydrogens is 941 g/mol. The zero-order valence-electron chi connectivity index (χ0n) is 41.6. The Bertz CT molecular complexity index is 2520. The molecule has 0 aromatic heterocycles. The summed E-state index contributed by atoms with van der Waals surface area (Å²) in [6.07, 6.45) is -0.541. The van der Waals surface area contributed by atoms with E-state index in [0.717, 1.165) is 92.5 Å². The van der Waals surface area contributed by atoms with E-state index in [4.69, 9.17) is 16.2 Å². The lowest BCUT2D eigenvalue weighted by atomic mass is 9.92. The third kappa shape index (κ3) is 16.0. The van der Waals surface area contributed by atoms with Crippen molar-refractivity contribution in [2.45, 2.75) is 102 Å². The molecule has 0 saturated heterocycles. The van der Waals surface area contributed by atoms with E-state index < -0.39 is 53.5 Å². The number of quaternary nitrogens is 1. The van der Waals surface area contributed by atoms with Crippen molar-refractivity contribution in [3.8, 4) is 0 Å². The largest absolute Gasteiger partial charge is 0.478 e. The first-order valence-electron chi connectivity index (χ1n) is 24.2. The van der Waals surface area contributed by atoms with Crippen molar-refractivity contribution in [1.82, 2.24) is 10.2 Å². The minimum atomic E-state index is -4.67. The van der Waals surface area contributed by atoms with Crippen molar-refractivity contribution in [2.75, 3.05) is 69.1 Å². The second-order valence-corrected chi connectivity index (χ2v) is 19.2. The topological polar surface area (TPSA) is 163 Å². The quantitative estimate of drug-likeness (QED) is 0.0109. The van der Waals surface area contributed by atoms with Crippen LogP contribution < -0.4 is 27.0 Å². The standard InChI is InChI=1S/C54H67F6N7O5/c1-36(64-44-20-16-18-40(34-44)53(55,56)57)46(51(70)72-33-32-67(3,4)5)48(38-22-26-42(61)27-23-38)63-30-14-12-10-8-6-7-9-11-13-15-31-65-49(39-24-28-43(62)29-25-39)47(50(68)69)37(2)66(52(65)71)45-21-17-19-41(35-45)54(58,59)60/h16-29,34-35,48-49,63H,6-15,30-33,61-62H2,1-5H3,(H-,64,68,69,70)/p+1/t48-,49-/m1/s1. The molecule has 0 saturated carbocycles. The first-order chi connectivity index (χ1) is 34.0. The number of aliphatic carboxylic acids is 1. The fourth-order valence-electron chi connectivity index (χ4n) is 8.68. The van der Waals surface area contributed by atoms with Crippen LogP contribution in [0.4, 0.5) is 53.9 Å². The summed E-state index contributed by atoms with van der Waals surface area (Å²) in [5.74, 6) is -1.90. The van der Waals surface area contributed by atoms with E-state index in [1.807, 2.05) is 21.1 Å². The number of anilines is 4. The van der Waals surface area contributed by atoms with Gasteiger partial charge in [0.15, 0.2) is 0 Å². The lowest BCUT2D eigenvalue weighted by Gasteiger charge is -2.42. The Morgan fingerprint density at radius 3 is 1.83 bits per heavy atom. The molecule has 2 atom stereocenters. The Morgan fingerprint density at radius 1 is 0.750 bits per heavy atom. The Labute approximate surface area is 418 Å². The van der Waals surface area contributed by atoms with E-state index in [0.29, 0.717) is 46.6 Å². The average Bonchev–Trinajstić information content (AvgIpc) is 3.30. The van der Waals surface area contributed by atoms with Crippen LogP contribution in [-0.4, -0.2) is 79.8 Å². The van der Waals surface area contributed by atoms with Gasteiger partial charge >= 0.3 is 30.3 Å². The molecule has 4 aromatic carbocycles. The number of hydrogen-bond donors (Lipinski definition) is 5. The summed E-state index contributed by atoms with van der Waals surface area (Å²) in [4.78, 5) is 43.5. The summed E-state index contributed by atoms with van der Waals surface area (Å²) in [5.41, 5.74) is 12.9. The Kier molecular flexibility index (Phi) is 19.8. The number of ether oxygens (including phenoxy) is 1. The summed E-state index contributed by atoms with van der Waals surface area (Å²) >= 11 is 0. The summed E-state index contributed by atoms with van der Waals surface area (Å²) < 4.78 is 88.4. The van der Waals surface area contributed by atoms with Gasteiger partial charge in [0.2, 0.25) is 0 Å². The third-order valence-electron chi connectivity index (χ3n) is 12.5. The Balaban J connectivity index is 1.15. The fourth-order valence-corrected chi connectivity index (χ4v) is 8.68. The highest BCUT2D eigenvalue weighted by Gasteiger charge is 2.43. The number of urea groups is 1. The number of amides is 2. The number of alkyl halides is 6. The Hall–Kier alpha value is -6.53. The first kappa shape index (κ1) is 56.4. The highest BCUT2D eigenvalue weighted by atomic mass is 19.4. The van der Waals surface area contributed by atoms with Gasteiger partial charge in [-0.1, -0.05) is 87.8 Å². The summed E-state index contributed by atoms with van der Waals surface area (Å²) in [5, 5.41) is 17.0. The molecule has 5 rings (SSSR count). The number of halogens is 6. The molecule has 18 heteroatoms. The van der Waals surface area contributed by atoms with E-state index in [9.17, 15) is 45.8 Å². The van der Waals surface area contributed by atoms with Crippen LogP contribution in [0.1, 0.15) is 112 Å². The zero-order valence-corrected chi connectivity index (χ0v) is 41.6. The number of unbranched alkanes of at least 4 members (excludes halogenated alkanes) is 9. The van der Waals surface area contributed by atoms with Gasteiger partial charge in [0, 0.05) is 35.0 Å². The van der Waals surface area contributed by atoms with E-state index >= 15 is 0 Å². The molecule has 1 heterocycles. The summed E-state index contributed by atoms with van der Waals surface area (Å²) in [6.45, 7) is 4.44. The molecule has 72 heavy (non-hydrogen) atoms. The van der Waals surface area contributed by atoms with Gasteiger partial charge in [-0.25, -0.2) is 14.4 Å². The number of carboxylic acids is 1. The zero-order chi connectivity index (χ0) is 52.8. The van der Waals surface area contributed by atoms with Gasteiger partial charge in [-0.15, -0.1) is 0 Å². The molecule has 2 amide bonds. The fraction of sp³-hybridized carbons (Fsp3) is 0.426. The SMILES string of the molecule is CC1=C(C(=O)O)[C@@H](c2ccc(N)cc2)N(CCCCCCCCCCCCN[C@@H](/C(C(=O)OCC[N+](C)(C)C)=C(/C)Nc2cccc(C(F)(F)F)c2)c2ccc(N)cc2)C(=O)N1c1cccc(C(F)(F)F)c1. The van der Waals surface area contributed by atoms with Crippen LogP contribution in [0.3, 0.4) is 0 Å². The molecule has 390 valence electrons. The van der Waals surface area contributed by atoms with Gasteiger partial charge in [0.05, 0.1) is 61.2 Å². The van der Waals surface area contributed by atoms with Crippen LogP contribution in [0, 0.1) is 0 Å². The number of carbonyl (C=O) groups excluding carboxylic acids is 2. The smallest absolute Gasteiger partial charge is 0.416 e. The third-order valence-corrected chi connectivity index (χ3v) is 12.5. The van der Waals surface area contributed by atoms with Crippen LogP contribution in [0.2, 0.25) is 0 Å². The lowest BCUT2D eigenvalue weighted by molar-refractivity contribution is -0.870. The summed E-state index contributed by atoms with van der Waals surface area (Å²) in [7, 11) is 5.92. The number of hydrogen-bond acceptors (Lipinski definition) is 8. The molecule has 0 radical (unpaired) electrons. The molecule has 0 bridgehead atoms. The molecular formula is C54H68F6N7O5+. The molecule has 4 aromatic rings. The number of carbonyl (C=O) groups is 3. The maximum absolute atomic E-state index is 14.3. The maximum Gasteiger partial charge on any atom is 0.416 e. The van der Waals surface area contributed by atoms with Crippen LogP contribution in [0.25, 0.3) is 0 Å². The first-order valence-corrected chi connectivity index (χ1v) is 24.2. The number of nitrogen functional groups attached to an aromatic ring is 2. The van der Waals surface area contributed by atoms with E-state index in [1.165, 1.54) is 36.1 Å². The lowest BCUT2D eigenvalue weighted by Crippen LogP contribution is -2.51. The number of likely N-dealkylation sites (N-methyl/N-ethyl adjacent to an activating group) is 1. The van der Waals surface area contributed by atoms with Crippen molar-refractivity contribution < 1.29 is 55.1 Å². The average molecular weight is 1010 g/mol.